The van der Waals surface area contributed by atoms with Crippen molar-refractivity contribution in [3.63, 3.8) is 0 Å². The average Bonchev–Trinajstić information content (AvgIpc) is 2.49. The number of aromatic nitrogens is 2. The summed E-state index contributed by atoms with van der Waals surface area (Å²) in [5.74, 6) is 1.20. The van der Waals surface area contributed by atoms with Gasteiger partial charge in [-0.3, -0.25) is 4.79 Å². The molecule has 0 bridgehead atoms. The van der Waals surface area contributed by atoms with Crippen molar-refractivity contribution in [1.29, 1.82) is 0 Å². The smallest absolute Gasteiger partial charge is 0.246 e. The lowest BCUT2D eigenvalue weighted by Gasteiger charge is -2.35. The van der Waals surface area contributed by atoms with Crippen LogP contribution in [0.5, 0.6) is 0 Å². The topological polar surface area (TPSA) is 95.5 Å². The lowest BCUT2D eigenvalue weighted by Crippen LogP contribution is -2.47. The van der Waals surface area contributed by atoms with Gasteiger partial charge in [-0.1, -0.05) is 0 Å². The lowest BCUT2D eigenvalue weighted by atomic mass is 10.2. The van der Waals surface area contributed by atoms with E-state index in [2.05, 4.69) is 15.3 Å². The van der Waals surface area contributed by atoms with Crippen LogP contribution in [0, 0.1) is 6.92 Å². The first-order chi connectivity index (χ1) is 10.7. The Morgan fingerprint density at radius 2 is 1.96 bits per heavy atom. The molecule has 3 heterocycles. The van der Waals surface area contributed by atoms with Crippen molar-refractivity contribution in [2.75, 3.05) is 41.0 Å². The highest BCUT2D eigenvalue weighted by Crippen LogP contribution is 2.33. The summed E-state index contributed by atoms with van der Waals surface area (Å²) < 4.78 is 23.7. The maximum atomic E-state index is 11.9. The Hall–Kier alpha value is -1.90. The van der Waals surface area contributed by atoms with Gasteiger partial charge in [-0.05, 0) is 20.8 Å². The predicted molar refractivity (Wildman–Crippen MR) is 88.7 cm³/mol. The number of anilines is 3. The zero-order valence-electron chi connectivity index (χ0n) is 13.7. The number of carbonyl (C=O) groups excluding carboxylic acids is 1. The molecule has 2 atom stereocenters. The molecule has 1 saturated heterocycles. The molecule has 0 saturated carbocycles. The van der Waals surface area contributed by atoms with Crippen LogP contribution in [0.3, 0.4) is 0 Å². The maximum Gasteiger partial charge on any atom is 0.246 e. The van der Waals surface area contributed by atoms with Crippen molar-refractivity contribution in [2.24, 2.45) is 0 Å². The standard InChI is InChI=1S/C14H21N5O3S/c1-8-7-19(5-6-23(8,21)22)14-15-9(2)11-12(17-14)18(4)10(3)13(20)16-11/h8,10H,5-7H2,1-4H3,(H,16,20)/t8-,10+/m1/s1. The van der Waals surface area contributed by atoms with Crippen LogP contribution in [0.2, 0.25) is 0 Å². The summed E-state index contributed by atoms with van der Waals surface area (Å²) in [6.07, 6.45) is 0. The van der Waals surface area contributed by atoms with E-state index in [0.717, 1.165) is 0 Å². The monoisotopic (exact) mass is 339 g/mol. The summed E-state index contributed by atoms with van der Waals surface area (Å²) in [5, 5.41) is 2.40. The number of rotatable bonds is 1. The van der Waals surface area contributed by atoms with Crippen LogP contribution >= 0.6 is 0 Å². The molecule has 0 aromatic carbocycles. The Morgan fingerprint density at radius 1 is 1.26 bits per heavy atom. The minimum absolute atomic E-state index is 0.0860. The zero-order valence-corrected chi connectivity index (χ0v) is 14.5. The fraction of sp³-hybridized carbons (Fsp3) is 0.643. The molecule has 0 radical (unpaired) electrons. The molecule has 9 heteroatoms. The molecule has 1 aromatic heterocycles. The normalized spacial score (nSPS) is 26.7. The number of hydrogen-bond donors (Lipinski definition) is 1. The van der Waals surface area contributed by atoms with Crippen LogP contribution in [0.15, 0.2) is 0 Å². The van der Waals surface area contributed by atoms with Gasteiger partial charge < -0.3 is 15.1 Å². The summed E-state index contributed by atoms with van der Waals surface area (Å²) in [6.45, 7) is 6.10. The molecular weight excluding hydrogens is 318 g/mol. The minimum atomic E-state index is -3.02. The number of carbonyl (C=O) groups is 1. The van der Waals surface area contributed by atoms with Gasteiger partial charge in [-0.25, -0.2) is 13.4 Å². The maximum absolute atomic E-state index is 11.9. The molecular formula is C14H21N5O3S. The molecule has 0 spiro atoms. The van der Waals surface area contributed by atoms with Crippen LogP contribution in [0.4, 0.5) is 17.5 Å². The second kappa shape index (κ2) is 5.33. The summed E-state index contributed by atoms with van der Waals surface area (Å²) in [6, 6.07) is -0.315. The van der Waals surface area contributed by atoms with Crippen molar-refractivity contribution in [2.45, 2.75) is 32.1 Å². The number of sulfone groups is 1. The Labute approximate surface area is 135 Å². The van der Waals surface area contributed by atoms with Crippen LogP contribution in [-0.4, -0.2) is 61.5 Å². The fourth-order valence-corrected chi connectivity index (χ4v) is 4.09. The van der Waals surface area contributed by atoms with Crippen LogP contribution < -0.4 is 15.1 Å². The first-order valence-corrected chi connectivity index (χ1v) is 9.31. The van der Waals surface area contributed by atoms with E-state index in [9.17, 15) is 13.2 Å². The number of nitrogens with zero attached hydrogens (tertiary/aromatic N) is 4. The number of aryl methyl sites for hydroxylation is 1. The van der Waals surface area contributed by atoms with Crippen LogP contribution in [0.25, 0.3) is 0 Å². The van der Waals surface area contributed by atoms with Crippen LogP contribution in [-0.2, 0) is 14.6 Å². The van der Waals surface area contributed by atoms with Gasteiger partial charge in [-0.15, -0.1) is 0 Å². The van der Waals surface area contributed by atoms with Gasteiger partial charge in [0, 0.05) is 20.1 Å². The van der Waals surface area contributed by atoms with E-state index in [-0.39, 0.29) is 17.7 Å². The number of hydrogen-bond acceptors (Lipinski definition) is 7. The molecule has 3 rings (SSSR count). The number of fused-ring (bicyclic) bond motifs is 1. The molecule has 23 heavy (non-hydrogen) atoms. The van der Waals surface area contributed by atoms with Gasteiger partial charge in [0.15, 0.2) is 15.7 Å². The second-order valence-corrected chi connectivity index (χ2v) is 8.75. The highest BCUT2D eigenvalue weighted by molar-refractivity contribution is 7.92. The van der Waals surface area contributed by atoms with E-state index in [1.54, 1.807) is 6.92 Å². The Kier molecular flexibility index (Phi) is 3.70. The van der Waals surface area contributed by atoms with Gasteiger partial charge >= 0.3 is 0 Å². The summed E-state index contributed by atoms with van der Waals surface area (Å²) in [7, 11) is -1.20. The third kappa shape index (κ3) is 2.62. The van der Waals surface area contributed by atoms with Crippen molar-refractivity contribution in [1.82, 2.24) is 9.97 Å². The van der Waals surface area contributed by atoms with E-state index in [1.165, 1.54) is 0 Å². The third-order valence-electron chi connectivity index (χ3n) is 4.62. The zero-order chi connectivity index (χ0) is 16.9. The molecule has 0 unspecified atom stereocenters. The molecule has 1 amide bonds. The quantitative estimate of drug-likeness (QED) is 0.780. The van der Waals surface area contributed by atoms with Crippen molar-refractivity contribution < 1.29 is 13.2 Å². The highest BCUT2D eigenvalue weighted by atomic mass is 32.2. The minimum Gasteiger partial charge on any atom is -0.346 e. The summed E-state index contributed by atoms with van der Waals surface area (Å²) in [4.78, 5) is 24.7. The van der Waals surface area contributed by atoms with Crippen molar-refractivity contribution in [3.05, 3.63) is 5.69 Å². The van der Waals surface area contributed by atoms with E-state index in [4.69, 9.17) is 0 Å². The fourth-order valence-electron chi connectivity index (χ4n) is 2.81. The largest absolute Gasteiger partial charge is 0.346 e. The lowest BCUT2D eigenvalue weighted by molar-refractivity contribution is -0.117. The average molecular weight is 339 g/mol. The first kappa shape index (κ1) is 16.0. The highest BCUT2D eigenvalue weighted by Gasteiger charge is 2.34. The van der Waals surface area contributed by atoms with Gasteiger partial charge in [0.2, 0.25) is 11.9 Å². The third-order valence-corrected chi connectivity index (χ3v) is 6.75. The molecule has 2 aliphatic rings. The number of likely N-dealkylation sites (N-methyl/N-ethyl adjacent to an activating group) is 1. The Bertz CT molecular complexity index is 764. The van der Waals surface area contributed by atoms with E-state index >= 15 is 0 Å². The molecule has 1 fully saturated rings. The molecule has 2 aliphatic heterocycles. The van der Waals surface area contributed by atoms with Gasteiger partial charge in [0.25, 0.3) is 0 Å². The second-order valence-electron chi connectivity index (χ2n) is 6.21. The van der Waals surface area contributed by atoms with Crippen molar-refractivity contribution >= 4 is 33.2 Å². The molecule has 8 nitrogen and oxygen atoms in total. The van der Waals surface area contributed by atoms with Crippen molar-refractivity contribution in [3.8, 4) is 0 Å². The van der Waals surface area contributed by atoms with Crippen LogP contribution in [0.1, 0.15) is 19.5 Å². The Balaban J connectivity index is 1.97. The SMILES string of the molecule is Cc1nc(N2CCS(=O)(=O)[C@H](C)C2)nc2c1NC(=O)[C@H](C)N2C. The first-order valence-electron chi connectivity index (χ1n) is 7.59. The number of amides is 1. The van der Waals surface area contributed by atoms with Gasteiger partial charge in [0.05, 0.1) is 16.7 Å². The number of nitrogens with one attached hydrogen (secondary N) is 1. The van der Waals surface area contributed by atoms with Gasteiger partial charge in [-0.2, -0.15) is 4.98 Å². The Morgan fingerprint density at radius 3 is 2.61 bits per heavy atom. The molecule has 1 N–H and O–H groups in total. The van der Waals surface area contributed by atoms with Gasteiger partial charge in [0.1, 0.15) is 11.7 Å². The molecule has 0 aliphatic carbocycles. The van der Waals surface area contributed by atoms with E-state index in [0.29, 0.717) is 36.2 Å². The summed E-state index contributed by atoms with van der Waals surface area (Å²) >= 11 is 0. The van der Waals surface area contributed by atoms with E-state index < -0.39 is 15.1 Å². The molecule has 126 valence electrons. The van der Waals surface area contributed by atoms with E-state index in [1.807, 2.05) is 30.7 Å². The predicted octanol–water partition coefficient (Wildman–Crippen LogP) is 0.185. The molecule has 1 aromatic rings. The summed E-state index contributed by atoms with van der Waals surface area (Å²) in [5.41, 5.74) is 1.30.